The van der Waals surface area contributed by atoms with E-state index in [9.17, 15) is 13.2 Å². The molecule has 1 heterocycles. The summed E-state index contributed by atoms with van der Waals surface area (Å²) in [6.45, 7) is 0.338. The normalized spacial score (nSPS) is 11.0. The van der Waals surface area contributed by atoms with E-state index in [0.29, 0.717) is 17.8 Å². The summed E-state index contributed by atoms with van der Waals surface area (Å²) >= 11 is 0. The molecule has 1 aromatic carbocycles. The molecule has 3 N–H and O–H groups in total. The Bertz CT molecular complexity index is 746. The van der Waals surface area contributed by atoms with E-state index in [1.165, 1.54) is 7.05 Å². The van der Waals surface area contributed by atoms with E-state index in [4.69, 9.17) is 0 Å². The zero-order valence-electron chi connectivity index (χ0n) is 12.6. The van der Waals surface area contributed by atoms with Crippen LogP contribution in [0.4, 0.5) is 10.5 Å². The molecule has 0 spiro atoms. The van der Waals surface area contributed by atoms with Gasteiger partial charge in [-0.2, -0.15) is 0 Å². The zero-order chi connectivity index (χ0) is 16.7. The number of carbonyl (C=O) groups is 1. The number of hydrogen-bond donors (Lipinski definition) is 3. The predicted molar refractivity (Wildman–Crippen MR) is 88.2 cm³/mol. The summed E-state index contributed by atoms with van der Waals surface area (Å²) in [5, 5.41) is 5.38. The maximum atomic E-state index is 11.7. The largest absolute Gasteiger partial charge is 0.334 e. The molecule has 0 saturated heterocycles. The molecular formula is C15H18N4O3S. The minimum absolute atomic E-state index is 0.0707. The summed E-state index contributed by atoms with van der Waals surface area (Å²) < 4.78 is 25.2. The van der Waals surface area contributed by atoms with Crippen LogP contribution in [-0.4, -0.2) is 26.5 Å². The lowest BCUT2D eigenvalue weighted by atomic mass is 10.1. The Morgan fingerprint density at radius 3 is 2.43 bits per heavy atom. The quantitative estimate of drug-likeness (QED) is 0.744. The number of rotatable bonds is 6. The third-order valence-electron chi connectivity index (χ3n) is 3.06. The molecule has 2 rings (SSSR count). The molecule has 2 amide bonds. The summed E-state index contributed by atoms with van der Waals surface area (Å²) in [5.41, 5.74) is 2.16. The number of urea groups is 1. The van der Waals surface area contributed by atoms with Gasteiger partial charge in [-0.15, -0.1) is 0 Å². The Morgan fingerprint density at radius 1 is 1.13 bits per heavy atom. The number of nitrogens with one attached hydrogen (secondary N) is 3. The average Bonchev–Trinajstić information content (AvgIpc) is 2.55. The molecule has 8 heteroatoms. The van der Waals surface area contributed by atoms with Crippen LogP contribution in [0.1, 0.15) is 11.1 Å². The van der Waals surface area contributed by atoms with E-state index in [1.807, 2.05) is 0 Å². The Labute approximate surface area is 135 Å². The lowest BCUT2D eigenvalue weighted by Gasteiger charge is -2.08. The lowest BCUT2D eigenvalue weighted by molar-refractivity contribution is 0.251. The number of nitrogens with zero attached hydrogens (tertiary/aromatic N) is 1. The molecule has 0 radical (unpaired) electrons. The van der Waals surface area contributed by atoms with Gasteiger partial charge in [-0.25, -0.2) is 17.9 Å². The van der Waals surface area contributed by atoms with E-state index in [-0.39, 0.29) is 11.8 Å². The van der Waals surface area contributed by atoms with Gasteiger partial charge >= 0.3 is 6.03 Å². The van der Waals surface area contributed by atoms with Crippen molar-refractivity contribution >= 4 is 21.7 Å². The second kappa shape index (κ2) is 7.70. The highest BCUT2D eigenvalue weighted by atomic mass is 32.2. The fraction of sp³-hybridized carbons (Fsp3) is 0.200. The van der Waals surface area contributed by atoms with Crippen LogP contribution in [0.2, 0.25) is 0 Å². The van der Waals surface area contributed by atoms with Crippen molar-refractivity contribution < 1.29 is 13.2 Å². The van der Waals surface area contributed by atoms with Crippen molar-refractivity contribution in [2.45, 2.75) is 12.3 Å². The van der Waals surface area contributed by atoms with Crippen molar-refractivity contribution in [2.24, 2.45) is 0 Å². The van der Waals surface area contributed by atoms with E-state index >= 15 is 0 Å². The SMILES string of the molecule is CNS(=O)(=O)Cc1ccc(CNC(=O)Nc2cccnc2)cc1. The van der Waals surface area contributed by atoms with Gasteiger partial charge in [-0.1, -0.05) is 24.3 Å². The first kappa shape index (κ1) is 16.9. The van der Waals surface area contributed by atoms with E-state index < -0.39 is 10.0 Å². The van der Waals surface area contributed by atoms with Gasteiger partial charge in [0.1, 0.15) is 0 Å². The first-order valence-electron chi connectivity index (χ1n) is 6.92. The predicted octanol–water partition coefficient (Wildman–Crippen LogP) is 1.45. The molecule has 0 atom stereocenters. The summed E-state index contributed by atoms with van der Waals surface area (Å²) in [6.07, 6.45) is 3.18. The number of benzene rings is 1. The van der Waals surface area contributed by atoms with Gasteiger partial charge in [-0.3, -0.25) is 4.98 Å². The van der Waals surface area contributed by atoms with Crippen molar-refractivity contribution in [1.82, 2.24) is 15.0 Å². The monoisotopic (exact) mass is 334 g/mol. The third-order valence-corrected chi connectivity index (χ3v) is 4.40. The van der Waals surface area contributed by atoms with Crippen LogP contribution in [-0.2, 0) is 22.3 Å². The second-order valence-corrected chi connectivity index (χ2v) is 6.76. The van der Waals surface area contributed by atoms with Crippen LogP contribution in [0.3, 0.4) is 0 Å². The third kappa shape index (κ3) is 5.68. The van der Waals surface area contributed by atoms with Crippen molar-refractivity contribution in [1.29, 1.82) is 0 Å². The molecule has 0 saturated carbocycles. The Morgan fingerprint density at radius 2 is 1.83 bits per heavy atom. The fourth-order valence-electron chi connectivity index (χ4n) is 1.84. The summed E-state index contributed by atoms with van der Waals surface area (Å²) in [4.78, 5) is 15.6. The number of amides is 2. The van der Waals surface area contributed by atoms with Gasteiger partial charge in [-0.05, 0) is 30.3 Å². The molecule has 2 aromatic rings. The average molecular weight is 334 g/mol. The second-order valence-electron chi connectivity index (χ2n) is 4.83. The fourth-order valence-corrected chi connectivity index (χ4v) is 2.61. The standard InChI is InChI=1S/C15H18N4O3S/c1-16-23(21,22)11-13-6-4-12(5-7-13)9-18-15(20)19-14-3-2-8-17-10-14/h2-8,10,16H,9,11H2,1H3,(H2,18,19,20). The number of hydrogen-bond acceptors (Lipinski definition) is 4. The van der Waals surface area contributed by atoms with Crippen LogP contribution in [0.15, 0.2) is 48.8 Å². The molecule has 0 bridgehead atoms. The van der Waals surface area contributed by atoms with Crippen LogP contribution >= 0.6 is 0 Å². The number of carbonyl (C=O) groups excluding carboxylic acids is 1. The van der Waals surface area contributed by atoms with Gasteiger partial charge < -0.3 is 10.6 Å². The number of anilines is 1. The first-order valence-corrected chi connectivity index (χ1v) is 8.57. The molecule has 1 aromatic heterocycles. The summed E-state index contributed by atoms with van der Waals surface area (Å²) in [7, 11) is -1.90. The molecule has 0 aliphatic carbocycles. The molecule has 23 heavy (non-hydrogen) atoms. The van der Waals surface area contributed by atoms with Crippen LogP contribution in [0.5, 0.6) is 0 Å². The van der Waals surface area contributed by atoms with E-state index in [2.05, 4.69) is 20.3 Å². The maximum Gasteiger partial charge on any atom is 0.319 e. The van der Waals surface area contributed by atoms with Gasteiger partial charge in [0.2, 0.25) is 10.0 Å². The van der Waals surface area contributed by atoms with Crippen molar-refractivity contribution in [2.75, 3.05) is 12.4 Å². The number of pyridine rings is 1. The van der Waals surface area contributed by atoms with Gasteiger partial charge in [0.05, 0.1) is 17.6 Å². The van der Waals surface area contributed by atoms with E-state index in [1.54, 1.807) is 48.8 Å². The van der Waals surface area contributed by atoms with E-state index in [0.717, 1.165) is 5.56 Å². The Balaban J connectivity index is 1.85. The highest BCUT2D eigenvalue weighted by molar-refractivity contribution is 7.88. The smallest absolute Gasteiger partial charge is 0.319 e. The topological polar surface area (TPSA) is 100 Å². The van der Waals surface area contributed by atoms with Crippen molar-refractivity contribution in [3.8, 4) is 0 Å². The minimum Gasteiger partial charge on any atom is -0.334 e. The molecular weight excluding hydrogens is 316 g/mol. The highest BCUT2D eigenvalue weighted by Crippen LogP contribution is 2.08. The molecule has 0 unspecified atom stereocenters. The first-order chi connectivity index (χ1) is 11.0. The number of sulfonamides is 1. The molecule has 0 aliphatic heterocycles. The van der Waals surface area contributed by atoms with Gasteiger partial charge in [0.25, 0.3) is 0 Å². The molecule has 0 aliphatic rings. The summed E-state index contributed by atoms with van der Waals surface area (Å²) in [6, 6.07) is 10.2. The van der Waals surface area contributed by atoms with Crippen LogP contribution in [0, 0.1) is 0 Å². The van der Waals surface area contributed by atoms with Crippen LogP contribution < -0.4 is 15.4 Å². The zero-order valence-corrected chi connectivity index (χ0v) is 13.4. The Kier molecular flexibility index (Phi) is 5.67. The van der Waals surface area contributed by atoms with Gasteiger partial charge in [0.15, 0.2) is 0 Å². The van der Waals surface area contributed by atoms with Crippen molar-refractivity contribution in [3.05, 3.63) is 59.9 Å². The molecule has 0 fully saturated rings. The highest BCUT2D eigenvalue weighted by Gasteiger charge is 2.08. The molecule has 122 valence electrons. The lowest BCUT2D eigenvalue weighted by Crippen LogP contribution is -2.28. The van der Waals surface area contributed by atoms with Crippen molar-refractivity contribution in [3.63, 3.8) is 0 Å². The summed E-state index contributed by atoms with van der Waals surface area (Å²) in [5.74, 6) is -0.0707. The minimum atomic E-state index is -3.28. The maximum absolute atomic E-state index is 11.7. The van der Waals surface area contributed by atoms with Gasteiger partial charge in [0, 0.05) is 12.7 Å². The number of aromatic nitrogens is 1. The Hall–Kier alpha value is -2.45. The van der Waals surface area contributed by atoms with Crippen LogP contribution in [0.25, 0.3) is 0 Å². The molecule has 7 nitrogen and oxygen atoms in total.